The fourth-order valence-electron chi connectivity index (χ4n) is 1.77. The molecule has 0 atom stereocenters. The number of thiol groups is 1. The molecule has 0 saturated heterocycles. The van der Waals surface area contributed by atoms with Crippen molar-refractivity contribution < 1.29 is 0 Å². The van der Waals surface area contributed by atoms with Crippen LogP contribution in [0.4, 0.5) is 0 Å². The van der Waals surface area contributed by atoms with Gasteiger partial charge in [-0.15, -0.1) is 11.7 Å². The summed E-state index contributed by atoms with van der Waals surface area (Å²) in [6.07, 6.45) is 5.25. The minimum absolute atomic E-state index is 1.26. The molecule has 64 valence electrons. The first-order valence-corrected chi connectivity index (χ1v) is 6.20. The van der Waals surface area contributed by atoms with E-state index in [1.54, 1.807) is 11.1 Å². The van der Waals surface area contributed by atoms with Crippen LogP contribution in [0.5, 0.6) is 0 Å². The molecule has 1 aliphatic rings. The molecule has 1 aromatic rings. The molecular formula is C10H12S2. The molecule has 0 aromatic heterocycles. The molecule has 0 unspecified atom stereocenters. The summed E-state index contributed by atoms with van der Waals surface area (Å²) in [5.74, 6) is 0. The molecule has 2 rings (SSSR count). The van der Waals surface area contributed by atoms with E-state index in [-0.39, 0.29) is 0 Å². The van der Waals surface area contributed by atoms with Crippen molar-refractivity contribution in [1.82, 2.24) is 0 Å². The lowest BCUT2D eigenvalue weighted by Gasteiger charge is -2.15. The molecule has 0 fully saturated rings. The van der Waals surface area contributed by atoms with E-state index in [4.69, 9.17) is 0 Å². The Balaban J connectivity index is 2.36. The Morgan fingerprint density at radius 3 is 2.58 bits per heavy atom. The highest BCUT2D eigenvalue weighted by Gasteiger charge is 2.08. The maximum atomic E-state index is 4.19. The SMILES string of the molecule is SSc1ccc2c(c1)CCCC2. The maximum absolute atomic E-state index is 4.19. The molecule has 0 aliphatic heterocycles. The van der Waals surface area contributed by atoms with Crippen molar-refractivity contribution in [2.75, 3.05) is 0 Å². The van der Waals surface area contributed by atoms with Crippen molar-refractivity contribution in [2.24, 2.45) is 0 Å². The van der Waals surface area contributed by atoms with Gasteiger partial charge >= 0.3 is 0 Å². The monoisotopic (exact) mass is 196 g/mol. The zero-order valence-corrected chi connectivity index (χ0v) is 8.63. The Labute approximate surface area is 82.6 Å². The molecule has 0 saturated carbocycles. The third-order valence-electron chi connectivity index (χ3n) is 2.43. The third kappa shape index (κ3) is 1.64. The van der Waals surface area contributed by atoms with Crippen LogP contribution in [0.15, 0.2) is 23.1 Å². The normalized spacial score (nSPS) is 15.8. The van der Waals surface area contributed by atoms with E-state index in [0.717, 1.165) is 0 Å². The van der Waals surface area contributed by atoms with Crippen LogP contribution in [-0.4, -0.2) is 0 Å². The molecule has 0 nitrogen and oxygen atoms in total. The summed E-state index contributed by atoms with van der Waals surface area (Å²) in [6.45, 7) is 0. The predicted octanol–water partition coefficient (Wildman–Crippen LogP) is 3.50. The van der Waals surface area contributed by atoms with Gasteiger partial charge in [-0.3, -0.25) is 0 Å². The average molecular weight is 196 g/mol. The van der Waals surface area contributed by atoms with Gasteiger partial charge in [-0.2, -0.15) is 0 Å². The van der Waals surface area contributed by atoms with Gasteiger partial charge in [0.25, 0.3) is 0 Å². The van der Waals surface area contributed by atoms with Crippen molar-refractivity contribution in [1.29, 1.82) is 0 Å². The second-order valence-corrected chi connectivity index (χ2v) is 4.43. The lowest BCUT2D eigenvalue weighted by Crippen LogP contribution is -2.01. The number of rotatable bonds is 1. The van der Waals surface area contributed by atoms with Crippen LogP contribution in [0.1, 0.15) is 24.0 Å². The Bertz CT molecular complexity index is 281. The highest BCUT2D eigenvalue weighted by atomic mass is 33.1. The van der Waals surface area contributed by atoms with Crippen molar-refractivity contribution in [2.45, 2.75) is 30.6 Å². The Morgan fingerprint density at radius 1 is 1.08 bits per heavy atom. The number of aryl methyl sites for hydroxylation is 2. The van der Waals surface area contributed by atoms with E-state index in [2.05, 4.69) is 29.9 Å². The Kier molecular flexibility index (Phi) is 2.66. The number of hydrogen-bond donors (Lipinski definition) is 1. The van der Waals surface area contributed by atoms with Gasteiger partial charge < -0.3 is 0 Å². The van der Waals surface area contributed by atoms with Gasteiger partial charge in [0.15, 0.2) is 0 Å². The first kappa shape index (κ1) is 8.52. The largest absolute Gasteiger partial charge is 0.106 e. The second-order valence-electron chi connectivity index (χ2n) is 3.23. The van der Waals surface area contributed by atoms with Crippen molar-refractivity contribution in [3.8, 4) is 0 Å². The minimum atomic E-state index is 1.26. The first-order chi connectivity index (χ1) is 5.90. The van der Waals surface area contributed by atoms with Gasteiger partial charge in [0.2, 0.25) is 0 Å². The van der Waals surface area contributed by atoms with Gasteiger partial charge in [-0.1, -0.05) is 16.9 Å². The lowest BCUT2D eigenvalue weighted by atomic mass is 9.92. The zero-order valence-electron chi connectivity index (χ0n) is 6.92. The molecule has 0 heterocycles. The van der Waals surface area contributed by atoms with E-state index in [1.807, 2.05) is 0 Å². The molecule has 1 aliphatic carbocycles. The topological polar surface area (TPSA) is 0 Å². The second kappa shape index (κ2) is 3.75. The summed E-state index contributed by atoms with van der Waals surface area (Å²) in [4.78, 5) is 1.28. The summed E-state index contributed by atoms with van der Waals surface area (Å²) < 4.78 is 0. The van der Waals surface area contributed by atoms with Crippen LogP contribution in [0.25, 0.3) is 0 Å². The predicted molar refractivity (Wildman–Crippen MR) is 57.9 cm³/mol. The van der Waals surface area contributed by atoms with Crippen LogP contribution in [0, 0.1) is 0 Å². The quantitative estimate of drug-likeness (QED) is 0.530. The summed E-state index contributed by atoms with van der Waals surface area (Å²) in [7, 11) is 1.54. The molecular weight excluding hydrogens is 184 g/mol. The van der Waals surface area contributed by atoms with Crippen molar-refractivity contribution in [3.63, 3.8) is 0 Å². The van der Waals surface area contributed by atoms with Crippen LogP contribution in [-0.2, 0) is 12.8 Å². The maximum Gasteiger partial charge on any atom is 0.0183 e. The van der Waals surface area contributed by atoms with Gasteiger partial charge in [-0.25, -0.2) is 0 Å². The van der Waals surface area contributed by atoms with Crippen LogP contribution < -0.4 is 0 Å². The van der Waals surface area contributed by atoms with Crippen molar-refractivity contribution >= 4 is 22.5 Å². The summed E-state index contributed by atoms with van der Waals surface area (Å²) in [5.41, 5.74) is 3.09. The molecule has 0 N–H and O–H groups in total. The van der Waals surface area contributed by atoms with Gasteiger partial charge in [0, 0.05) is 4.90 Å². The van der Waals surface area contributed by atoms with Gasteiger partial charge in [-0.05, 0) is 48.9 Å². The summed E-state index contributed by atoms with van der Waals surface area (Å²) >= 11 is 4.19. The molecule has 0 radical (unpaired) electrons. The standard InChI is InChI=1S/C10H12S2/c11-12-10-6-5-8-3-1-2-4-9(8)7-10/h5-7,11H,1-4H2. The Hall–Kier alpha value is -0.0800. The van der Waals surface area contributed by atoms with E-state index >= 15 is 0 Å². The number of benzene rings is 1. The highest BCUT2D eigenvalue weighted by Crippen LogP contribution is 2.28. The highest BCUT2D eigenvalue weighted by molar-refractivity contribution is 8.68. The number of hydrogen-bond acceptors (Lipinski definition) is 2. The van der Waals surface area contributed by atoms with Crippen LogP contribution >= 0.6 is 22.5 Å². The molecule has 0 bridgehead atoms. The van der Waals surface area contributed by atoms with Gasteiger partial charge in [0.05, 0.1) is 0 Å². The fraction of sp³-hybridized carbons (Fsp3) is 0.400. The molecule has 1 aromatic carbocycles. The van der Waals surface area contributed by atoms with Crippen molar-refractivity contribution in [3.05, 3.63) is 29.3 Å². The zero-order chi connectivity index (χ0) is 8.39. The average Bonchev–Trinajstić information content (AvgIpc) is 2.17. The molecule has 12 heavy (non-hydrogen) atoms. The smallest absolute Gasteiger partial charge is 0.0183 e. The van der Waals surface area contributed by atoms with E-state index in [9.17, 15) is 0 Å². The van der Waals surface area contributed by atoms with Crippen LogP contribution in [0.3, 0.4) is 0 Å². The molecule has 0 amide bonds. The third-order valence-corrected chi connectivity index (χ3v) is 3.52. The van der Waals surface area contributed by atoms with Crippen LogP contribution in [0.2, 0.25) is 0 Å². The van der Waals surface area contributed by atoms with E-state index in [1.165, 1.54) is 41.4 Å². The van der Waals surface area contributed by atoms with E-state index in [0.29, 0.717) is 0 Å². The van der Waals surface area contributed by atoms with E-state index < -0.39 is 0 Å². The summed E-state index contributed by atoms with van der Waals surface area (Å²) in [5, 5.41) is 0. The Morgan fingerprint density at radius 2 is 1.83 bits per heavy atom. The van der Waals surface area contributed by atoms with Gasteiger partial charge in [0.1, 0.15) is 0 Å². The minimum Gasteiger partial charge on any atom is -0.106 e. The molecule has 0 spiro atoms. The lowest BCUT2D eigenvalue weighted by molar-refractivity contribution is 0.684. The molecule has 2 heteroatoms. The first-order valence-electron chi connectivity index (χ1n) is 4.33. The summed E-state index contributed by atoms with van der Waals surface area (Å²) in [6, 6.07) is 6.71. The fourth-order valence-corrected chi connectivity index (χ4v) is 2.43. The number of fused-ring (bicyclic) bond motifs is 1.